The third-order valence-electron chi connectivity index (χ3n) is 4.99. The lowest BCUT2D eigenvalue weighted by Gasteiger charge is -2.32. The Hall–Kier alpha value is -2.31. The molecule has 11 heteroatoms. The summed E-state index contributed by atoms with van der Waals surface area (Å²) in [6.07, 6.45) is 5.68. The highest BCUT2D eigenvalue weighted by atomic mass is 127. The quantitative estimate of drug-likeness (QED) is 0.298. The van der Waals surface area contributed by atoms with Crippen molar-refractivity contribution in [2.24, 2.45) is 4.99 Å². The number of likely N-dealkylation sites (tertiary alicyclic amines) is 1. The number of aryl methyl sites for hydroxylation is 1. The molecule has 31 heavy (non-hydrogen) atoms. The summed E-state index contributed by atoms with van der Waals surface area (Å²) in [5, 5.41) is 15.0. The van der Waals surface area contributed by atoms with Crippen LogP contribution in [0.2, 0.25) is 0 Å². The zero-order valence-electron chi connectivity index (χ0n) is 18.1. The number of ether oxygens (including phenoxy) is 1. The maximum Gasteiger partial charge on any atom is 0.409 e. The number of carbonyl (C=O) groups is 1. The first kappa shape index (κ1) is 25.0. The Morgan fingerprint density at radius 1 is 1.35 bits per heavy atom. The molecule has 3 rings (SSSR count). The maximum absolute atomic E-state index is 11.9. The molecule has 1 aliphatic rings. The summed E-state index contributed by atoms with van der Waals surface area (Å²) in [5.74, 6) is 2.50. The number of nitrogens with zero attached hydrogens (tertiary/aromatic N) is 5. The second-order valence-corrected chi connectivity index (χ2v) is 7.07. The molecule has 2 aromatic rings. The van der Waals surface area contributed by atoms with E-state index in [1.54, 1.807) is 17.5 Å². The zero-order valence-corrected chi connectivity index (χ0v) is 20.5. The van der Waals surface area contributed by atoms with Crippen LogP contribution in [0.25, 0.3) is 0 Å². The summed E-state index contributed by atoms with van der Waals surface area (Å²) in [6, 6.07) is 4.00. The minimum absolute atomic E-state index is 0. The Morgan fingerprint density at radius 2 is 2.16 bits per heavy atom. The molecule has 172 valence electrons. The van der Waals surface area contributed by atoms with Crippen molar-refractivity contribution in [3.8, 4) is 0 Å². The van der Waals surface area contributed by atoms with Gasteiger partial charge in [-0.15, -0.1) is 34.2 Å². The minimum atomic E-state index is -0.235. The number of nitrogens with one attached hydrogen (secondary N) is 2. The lowest BCUT2D eigenvalue weighted by Crippen LogP contribution is -2.50. The number of aliphatic imine (C=N–C) groups is 1. The third kappa shape index (κ3) is 7.71. The van der Waals surface area contributed by atoms with Crippen LogP contribution in [-0.4, -0.2) is 64.0 Å². The topological polar surface area (TPSA) is 110 Å². The highest BCUT2D eigenvalue weighted by Gasteiger charge is 2.24. The molecule has 0 unspecified atom stereocenters. The van der Waals surface area contributed by atoms with Gasteiger partial charge < -0.3 is 29.3 Å². The summed E-state index contributed by atoms with van der Waals surface area (Å²) in [5.41, 5.74) is 0. The lowest BCUT2D eigenvalue weighted by molar-refractivity contribution is 0.0963. The molecule has 1 fully saturated rings. The number of furan rings is 1. The van der Waals surface area contributed by atoms with E-state index in [1.165, 1.54) is 0 Å². The SMILES string of the molecule is CCOC(=O)N1CCC(NC(=NCc2ccco2)NCCn2cnnc2CC)CC1.I. The molecular weight excluding hydrogens is 513 g/mol. The number of hydrogen-bond donors (Lipinski definition) is 2. The highest BCUT2D eigenvalue weighted by molar-refractivity contribution is 14.0. The first-order chi connectivity index (χ1) is 14.7. The number of piperidine rings is 1. The summed E-state index contributed by atoms with van der Waals surface area (Å²) in [7, 11) is 0. The molecule has 0 aromatic carbocycles. The van der Waals surface area contributed by atoms with Crippen molar-refractivity contribution >= 4 is 36.0 Å². The first-order valence-corrected chi connectivity index (χ1v) is 10.5. The Bertz CT molecular complexity index is 802. The molecule has 1 saturated heterocycles. The number of amides is 1. The molecule has 0 spiro atoms. The molecule has 0 radical (unpaired) electrons. The van der Waals surface area contributed by atoms with Crippen molar-refractivity contribution in [1.82, 2.24) is 30.3 Å². The molecular formula is C20H32IN7O3. The van der Waals surface area contributed by atoms with Crippen molar-refractivity contribution < 1.29 is 13.9 Å². The molecule has 0 aliphatic carbocycles. The van der Waals surface area contributed by atoms with E-state index in [2.05, 4.69) is 32.7 Å². The molecule has 0 saturated carbocycles. The average Bonchev–Trinajstić information content (AvgIpc) is 3.44. The van der Waals surface area contributed by atoms with Gasteiger partial charge in [-0.2, -0.15) is 0 Å². The van der Waals surface area contributed by atoms with E-state index in [0.29, 0.717) is 32.8 Å². The summed E-state index contributed by atoms with van der Waals surface area (Å²) in [4.78, 5) is 18.3. The van der Waals surface area contributed by atoms with Gasteiger partial charge in [-0.1, -0.05) is 6.92 Å². The van der Waals surface area contributed by atoms with Crippen molar-refractivity contribution in [3.63, 3.8) is 0 Å². The molecule has 1 amide bonds. The number of halogens is 1. The van der Waals surface area contributed by atoms with Gasteiger partial charge in [-0.25, -0.2) is 9.79 Å². The molecule has 3 heterocycles. The number of rotatable bonds is 8. The normalized spacial score (nSPS) is 14.8. The van der Waals surface area contributed by atoms with Gasteiger partial charge in [-0.3, -0.25) is 0 Å². The van der Waals surface area contributed by atoms with Gasteiger partial charge >= 0.3 is 6.09 Å². The van der Waals surface area contributed by atoms with Crippen molar-refractivity contribution in [2.45, 2.75) is 52.2 Å². The monoisotopic (exact) mass is 545 g/mol. The average molecular weight is 545 g/mol. The fourth-order valence-corrected chi connectivity index (χ4v) is 3.36. The standard InChI is InChI=1S/C20H31N7O3.HI/c1-3-18-25-23-15-27(18)12-9-21-19(22-14-17-6-5-13-30-17)24-16-7-10-26(11-8-16)20(28)29-4-2;/h5-6,13,15-16H,3-4,7-12,14H2,1-2H3,(H2,21,22,24);1H. The van der Waals surface area contributed by atoms with E-state index in [1.807, 2.05) is 23.6 Å². The van der Waals surface area contributed by atoms with E-state index in [9.17, 15) is 4.79 Å². The smallest absolute Gasteiger partial charge is 0.409 e. The van der Waals surface area contributed by atoms with Crippen LogP contribution in [0.1, 0.15) is 38.3 Å². The maximum atomic E-state index is 11.9. The van der Waals surface area contributed by atoms with E-state index in [-0.39, 0.29) is 36.1 Å². The van der Waals surface area contributed by atoms with Gasteiger partial charge in [0, 0.05) is 38.6 Å². The summed E-state index contributed by atoms with van der Waals surface area (Å²) in [6.45, 7) is 7.52. The van der Waals surface area contributed by atoms with Crippen molar-refractivity contribution in [2.75, 3.05) is 26.2 Å². The number of hydrogen-bond acceptors (Lipinski definition) is 6. The van der Waals surface area contributed by atoms with Crippen molar-refractivity contribution in [3.05, 3.63) is 36.3 Å². The van der Waals surface area contributed by atoms with E-state index in [4.69, 9.17) is 9.15 Å². The largest absolute Gasteiger partial charge is 0.467 e. The van der Waals surface area contributed by atoms with Crippen LogP contribution in [0.4, 0.5) is 4.79 Å². The van der Waals surface area contributed by atoms with Crippen molar-refractivity contribution in [1.29, 1.82) is 0 Å². The van der Waals surface area contributed by atoms with Gasteiger partial charge in [0.15, 0.2) is 5.96 Å². The summed E-state index contributed by atoms with van der Waals surface area (Å²) >= 11 is 0. The van der Waals surface area contributed by atoms with Crippen LogP contribution >= 0.6 is 24.0 Å². The molecule has 0 atom stereocenters. The number of carbonyl (C=O) groups excluding carboxylic acids is 1. The second kappa shape index (κ2) is 13.2. The van der Waals surface area contributed by atoms with E-state index in [0.717, 1.165) is 43.4 Å². The molecule has 0 bridgehead atoms. The highest BCUT2D eigenvalue weighted by Crippen LogP contribution is 2.11. The van der Waals surface area contributed by atoms with Crippen LogP contribution < -0.4 is 10.6 Å². The fraction of sp³-hybridized carbons (Fsp3) is 0.600. The Kier molecular flexibility index (Phi) is 10.6. The van der Waals surface area contributed by atoms with Crippen LogP contribution in [-0.2, 0) is 24.2 Å². The molecule has 10 nitrogen and oxygen atoms in total. The molecule has 1 aliphatic heterocycles. The van der Waals surface area contributed by atoms with Gasteiger partial charge in [0.1, 0.15) is 24.5 Å². The summed E-state index contributed by atoms with van der Waals surface area (Å²) < 4.78 is 12.5. The first-order valence-electron chi connectivity index (χ1n) is 10.5. The Balaban J connectivity index is 0.00000341. The minimum Gasteiger partial charge on any atom is -0.467 e. The predicted octanol–water partition coefficient (Wildman–Crippen LogP) is 2.41. The predicted molar refractivity (Wildman–Crippen MR) is 127 cm³/mol. The Morgan fingerprint density at radius 3 is 2.84 bits per heavy atom. The van der Waals surface area contributed by atoms with Crippen LogP contribution in [0.15, 0.2) is 34.1 Å². The van der Waals surface area contributed by atoms with Crippen LogP contribution in [0.5, 0.6) is 0 Å². The second-order valence-electron chi connectivity index (χ2n) is 7.07. The van der Waals surface area contributed by atoms with Crippen LogP contribution in [0, 0.1) is 0 Å². The lowest BCUT2D eigenvalue weighted by atomic mass is 10.1. The van der Waals surface area contributed by atoms with Gasteiger partial charge in [-0.05, 0) is 31.9 Å². The van der Waals surface area contributed by atoms with Gasteiger partial charge in [0.2, 0.25) is 0 Å². The van der Waals surface area contributed by atoms with E-state index < -0.39 is 0 Å². The molecule has 2 aromatic heterocycles. The fourth-order valence-electron chi connectivity index (χ4n) is 3.36. The number of aromatic nitrogens is 3. The Labute approximate surface area is 199 Å². The van der Waals surface area contributed by atoms with Gasteiger partial charge in [0.25, 0.3) is 0 Å². The van der Waals surface area contributed by atoms with Crippen LogP contribution in [0.3, 0.4) is 0 Å². The zero-order chi connectivity index (χ0) is 21.2. The van der Waals surface area contributed by atoms with Gasteiger partial charge in [0.05, 0.1) is 12.9 Å². The third-order valence-corrected chi connectivity index (χ3v) is 4.99. The molecule has 2 N–H and O–H groups in total. The number of guanidine groups is 1. The van der Waals surface area contributed by atoms with E-state index >= 15 is 0 Å².